The van der Waals surface area contributed by atoms with Gasteiger partial charge in [-0.3, -0.25) is 5.32 Å². The van der Waals surface area contributed by atoms with Crippen LogP contribution in [0.25, 0.3) is 5.65 Å². The van der Waals surface area contributed by atoms with Crippen LogP contribution in [0.3, 0.4) is 0 Å². The number of nitrogens with zero attached hydrogens (tertiary/aromatic N) is 4. The standard InChI is InChI=1S/C14H17N5O4/c1-2-8-22-13(20)17-12-15-10(18-6-4-3-5-7-18)9-11-16-14(21)23-19(11)12/h3-4,9H,2,5-8H2,1H3,(H,15,17,20). The number of nitrogens with one attached hydrogen (secondary N) is 1. The Morgan fingerprint density at radius 2 is 2.30 bits per heavy atom. The van der Waals surface area contributed by atoms with Crippen molar-refractivity contribution >= 4 is 23.5 Å². The number of rotatable bonds is 4. The highest BCUT2D eigenvalue weighted by molar-refractivity contribution is 5.83. The van der Waals surface area contributed by atoms with E-state index < -0.39 is 11.8 Å². The minimum Gasteiger partial charge on any atom is -0.449 e. The second kappa shape index (κ2) is 6.51. The lowest BCUT2D eigenvalue weighted by Gasteiger charge is -2.24. The molecule has 0 saturated carbocycles. The summed E-state index contributed by atoms with van der Waals surface area (Å²) in [5.74, 6) is -0.0938. The fourth-order valence-corrected chi connectivity index (χ4v) is 2.24. The molecular formula is C14H17N5O4. The summed E-state index contributed by atoms with van der Waals surface area (Å²) in [6.45, 7) is 3.68. The number of carbonyl (C=O) groups excluding carboxylic acids is 1. The van der Waals surface area contributed by atoms with E-state index in [2.05, 4.69) is 21.4 Å². The molecule has 2 aromatic rings. The predicted octanol–water partition coefficient (Wildman–Crippen LogP) is 1.41. The molecule has 0 saturated heterocycles. The van der Waals surface area contributed by atoms with Gasteiger partial charge in [0.25, 0.3) is 5.95 Å². The molecule has 3 rings (SSSR count). The number of anilines is 2. The van der Waals surface area contributed by atoms with Crippen LogP contribution in [0.1, 0.15) is 19.8 Å². The molecule has 0 unspecified atom stereocenters. The van der Waals surface area contributed by atoms with Crippen LogP contribution < -0.4 is 16.0 Å². The van der Waals surface area contributed by atoms with Crippen LogP contribution >= 0.6 is 0 Å². The van der Waals surface area contributed by atoms with Crippen LogP contribution in [0, 0.1) is 0 Å². The SMILES string of the molecule is CCCOC(=O)Nc1nc(N2CC=CCC2)cc2nc(=O)on12. The normalized spacial score (nSPS) is 14.2. The van der Waals surface area contributed by atoms with Crippen LogP contribution in [0.2, 0.25) is 0 Å². The molecule has 0 radical (unpaired) electrons. The number of ether oxygens (including phenoxy) is 1. The molecule has 1 amide bonds. The lowest BCUT2D eigenvalue weighted by atomic mass is 10.2. The highest BCUT2D eigenvalue weighted by Crippen LogP contribution is 2.19. The van der Waals surface area contributed by atoms with E-state index in [9.17, 15) is 9.59 Å². The summed E-state index contributed by atoms with van der Waals surface area (Å²) in [7, 11) is 0. The van der Waals surface area contributed by atoms with Gasteiger partial charge in [0.2, 0.25) is 0 Å². The number of fused-ring (bicyclic) bond motifs is 1. The van der Waals surface area contributed by atoms with E-state index in [-0.39, 0.29) is 11.6 Å². The molecule has 122 valence electrons. The molecular weight excluding hydrogens is 302 g/mol. The Kier molecular flexibility index (Phi) is 4.26. The third-order valence-electron chi connectivity index (χ3n) is 3.29. The topological polar surface area (TPSA) is 102 Å². The maximum absolute atomic E-state index is 11.8. The minimum absolute atomic E-state index is 0.0581. The highest BCUT2D eigenvalue weighted by Gasteiger charge is 2.17. The van der Waals surface area contributed by atoms with Crippen molar-refractivity contribution in [3.8, 4) is 0 Å². The first kappa shape index (κ1) is 15.1. The fourth-order valence-electron chi connectivity index (χ4n) is 2.24. The molecule has 0 fully saturated rings. The summed E-state index contributed by atoms with van der Waals surface area (Å²) in [4.78, 5) is 33.3. The summed E-state index contributed by atoms with van der Waals surface area (Å²) in [5.41, 5.74) is 0.278. The van der Waals surface area contributed by atoms with Crippen molar-refractivity contribution in [2.24, 2.45) is 0 Å². The van der Waals surface area contributed by atoms with Crippen LogP contribution in [0.5, 0.6) is 0 Å². The largest absolute Gasteiger partial charge is 0.460 e. The minimum atomic E-state index is -0.757. The van der Waals surface area contributed by atoms with Crippen molar-refractivity contribution in [3.05, 3.63) is 28.8 Å². The zero-order chi connectivity index (χ0) is 16.2. The van der Waals surface area contributed by atoms with Gasteiger partial charge >= 0.3 is 11.8 Å². The predicted molar refractivity (Wildman–Crippen MR) is 82.8 cm³/mol. The van der Waals surface area contributed by atoms with Gasteiger partial charge in [-0.05, 0) is 12.8 Å². The molecule has 23 heavy (non-hydrogen) atoms. The van der Waals surface area contributed by atoms with Gasteiger partial charge < -0.3 is 14.2 Å². The van der Waals surface area contributed by atoms with Gasteiger partial charge in [-0.1, -0.05) is 19.1 Å². The lowest BCUT2D eigenvalue weighted by molar-refractivity contribution is 0.161. The quantitative estimate of drug-likeness (QED) is 0.850. The third-order valence-corrected chi connectivity index (χ3v) is 3.29. The van der Waals surface area contributed by atoms with Gasteiger partial charge in [-0.25, -0.2) is 9.59 Å². The van der Waals surface area contributed by atoms with Crippen molar-refractivity contribution in [2.45, 2.75) is 19.8 Å². The average molecular weight is 319 g/mol. The first-order valence-electron chi connectivity index (χ1n) is 7.42. The number of hydrogen-bond donors (Lipinski definition) is 1. The van der Waals surface area contributed by atoms with Crippen LogP contribution in [-0.2, 0) is 4.74 Å². The molecule has 9 nitrogen and oxygen atoms in total. The van der Waals surface area contributed by atoms with Crippen molar-refractivity contribution in [1.29, 1.82) is 0 Å². The van der Waals surface area contributed by atoms with Gasteiger partial charge in [-0.15, -0.1) is 4.57 Å². The lowest BCUT2D eigenvalue weighted by Crippen LogP contribution is -2.28. The average Bonchev–Trinajstić information content (AvgIpc) is 2.94. The molecule has 9 heteroatoms. The van der Waals surface area contributed by atoms with Crippen molar-refractivity contribution < 1.29 is 14.1 Å². The number of carbonyl (C=O) groups is 1. The van der Waals surface area contributed by atoms with E-state index in [0.29, 0.717) is 25.4 Å². The molecule has 0 aromatic carbocycles. The second-order valence-corrected chi connectivity index (χ2v) is 5.03. The van der Waals surface area contributed by atoms with E-state index >= 15 is 0 Å². The summed E-state index contributed by atoms with van der Waals surface area (Å²) < 4.78 is 11.0. The molecule has 1 aliphatic heterocycles. The monoisotopic (exact) mass is 319 g/mol. The van der Waals surface area contributed by atoms with Gasteiger partial charge in [-0.2, -0.15) is 9.97 Å². The third kappa shape index (κ3) is 3.33. The summed E-state index contributed by atoms with van der Waals surface area (Å²) in [6, 6.07) is 1.65. The number of amides is 1. The molecule has 3 heterocycles. The van der Waals surface area contributed by atoms with Crippen LogP contribution in [0.15, 0.2) is 27.5 Å². The van der Waals surface area contributed by atoms with Gasteiger partial charge in [0.1, 0.15) is 5.82 Å². The van der Waals surface area contributed by atoms with E-state index in [4.69, 9.17) is 9.26 Å². The van der Waals surface area contributed by atoms with Crippen molar-refractivity contribution in [1.82, 2.24) is 14.5 Å². The van der Waals surface area contributed by atoms with Crippen LogP contribution in [0.4, 0.5) is 16.6 Å². The van der Waals surface area contributed by atoms with Crippen molar-refractivity contribution in [2.75, 3.05) is 29.9 Å². The maximum Gasteiger partial charge on any atom is 0.460 e. The first-order chi connectivity index (χ1) is 11.2. The van der Waals surface area contributed by atoms with E-state index in [1.807, 2.05) is 17.9 Å². The number of aromatic nitrogens is 3. The van der Waals surface area contributed by atoms with E-state index in [1.165, 1.54) is 0 Å². The zero-order valence-corrected chi connectivity index (χ0v) is 12.7. The summed E-state index contributed by atoms with van der Waals surface area (Å²) in [5, 5.41) is 2.49. The molecule has 0 atom stereocenters. The Labute approximate surface area is 131 Å². The summed E-state index contributed by atoms with van der Waals surface area (Å²) >= 11 is 0. The molecule has 1 aliphatic rings. The zero-order valence-electron chi connectivity index (χ0n) is 12.7. The van der Waals surface area contributed by atoms with E-state index in [1.54, 1.807) is 6.07 Å². The molecule has 0 bridgehead atoms. The first-order valence-corrected chi connectivity index (χ1v) is 7.42. The van der Waals surface area contributed by atoms with Crippen LogP contribution in [-0.4, -0.2) is 40.3 Å². The fraction of sp³-hybridized carbons (Fsp3) is 0.429. The van der Waals surface area contributed by atoms with E-state index in [0.717, 1.165) is 17.5 Å². The van der Waals surface area contributed by atoms with Gasteiger partial charge in [0.05, 0.1) is 6.61 Å². The Hall–Kier alpha value is -2.84. The Morgan fingerprint density at radius 1 is 1.43 bits per heavy atom. The summed E-state index contributed by atoms with van der Waals surface area (Å²) in [6.07, 6.45) is 5.08. The maximum atomic E-state index is 11.8. The second-order valence-electron chi connectivity index (χ2n) is 5.03. The van der Waals surface area contributed by atoms with Crippen molar-refractivity contribution in [3.63, 3.8) is 0 Å². The Balaban J connectivity index is 1.95. The van der Waals surface area contributed by atoms with Gasteiger partial charge in [0, 0.05) is 19.2 Å². The van der Waals surface area contributed by atoms with Gasteiger partial charge in [0.15, 0.2) is 5.65 Å². The molecule has 0 aliphatic carbocycles. The number of hydrogen-bond acceptors (Lipinski definition) is 7. The highest BCUT2D eigenvalue weighted by atomic mass is 16.6. The molecule has 1 N–H and O–H groups in total. The molecule has 2 aromatic heterocycles. The smallest absolute Gasteiger partial charge is 0.449 e. The Bertz CT molecular complexity index is 794. The molecule has 0 spiro atoms. The Morgan fingerprint density at radius 3 is 3.04 bits per heavy atom.